The van der Waals surface area contributed by atoms with Gasteiger partial charge in [0.15, 0.2) is 5.92 Å². The van der Waals surface area contributed by atoms with E-state index in [-0.39, 0.29) is 11.7 Å². The molecule has 1 rings (SSSR count). The average molecular weight is 280 g/mol. The first-order valence-electron chi connectivity index (χ1n) is 6.70. The Morgan fingerprint density at radius 1 is 1.25 bits per heavy atom. The van der Waals surface area contributed by atoms with Crippen LogP contribution in [0.5, 0.6) is 0 Å². The first kappa shape index (κ1) is 16.2. The molecule has 0 amide bonds. The van der Waals surface area contributed by atoms with Gasteiger partial charge in [-0.3, -0.25) is 14.4 Å². The molecule has 0 spiro atoms. The van der Waals surface area contributed by atoms with Crippen LogP contribution in [0, 0.1) is 29.6 Å². The van der Waals surface area contributed by atoms with E-state index in [4.69, 9.17) is 0 Å². The van der Waals surface area contributed by atoms with Crippen molar-refractivity contribution in [3.63, 3.8) is 0 Å². The Kier molecular flexibility index (Phi) is 6.23. The van der Waals surface area contributed by atoms with Crippen LogP contribution in [0.1, 0.15) is 32.6 Å². The molecule has 0 aromatic carbocycles. The zero-order valence-corrected chi connectivity index (χ0v) is 12.1. The number of methoxy groups -OCH3 is 2. The number of ether oxygens (including phenoxy) is 2. The van der Waals surface area contributed by atoms with Crippen LogP contribution in [-0.2, 0) is 23.9 Å². The van der Waals surface area contributed by atoms with Gasteiger partial charge in [0.2, 0.25) is 0 Å². The Balaban J connectivity index is 2.95. The molecule has 110 valence electrons. The Labute approximate surface area is 119 Å². The van der Waals surface area contributed by atoms with Crippen molar-refractivity contribution in [3.05, 3.63) is 0 Å². The Morgan fingerprint density at radius 2 is 1.85 bits per heavy atom. The Bertz CT molecular complexity index is 427. The van der Waals surface area contributed by atoms with E-state index < -0.39 is 23.8 Å². The lowest BCUT2D eigenvalue weighted by molar-refractivity contribution is -0.162. The highest BCUT2D eigenvalue weighted by atomic mass is 16.5. The maximum absolute atomic E-state index is 11.9. The van der Waals surface area contributed by atoms with Crippen molar-refractivity contribution in [1.82, 2.24) is 0 Å². The predicted molar refractivity (Wildman–Crippen MR) is 71.4 cm³/mol. The van der Waals surface area contributed by atoms with Crippen molar-refractivity contribution in [1.29, 1.82) is 0 Å². The highest BCUT2D eigenvalue weighted by Gasteiger charge is 2.46. The number of rotatable bonds is 4. The molecule has 0 aromatic heterocycles. The van der Waals surface area contributed by atoms with Gasteiger partial charge < -0.3 is 9.47 Å². The number of ketones is 1. The van der Waals surface area contributed by atoms with Crippen LogP contribution in [0.25, 0.3) is 0 Å². The number of Topliss-reactive ketones (excluding diaryl/α,β-unsaturated/α-hetero) is 1. The minimum Gasteiger partial charge on any atom is -0.468 e. The van der Waals surface area contributed by atoms with E-state index in [1.165, 1.54) is 14.2 Å². The van der Waals surface area contributed by atoms with Gasteiger partial charge in [-0.1, -0.05) is 6.92 Å². The van der Waals surface area contributed by atoms with Crippen LogP contribution in [-0.4, -0.2) is 31.9 Å². The van der Waals surface area contributed by atoms with Gasteiger partial charge in [-0.2, -0.15) is 0 Å². The highest BCUT2D eigenvalue weighted by molar-refractivity contribution is 5.97. The van der Waals surface area contributed by atoms with Crippen LogP contribution in [0.2, 0.25) is 0 Å². The van der Waals surface area contributed by atoms with E-state index in [1.807, 2.05) is 6.92 Å². The van der Waals surface area contributed by atoms with Crippen molar-refractivity contribution in [2.75, 3.05) is 14.2 Å². The Morgan fingerprint density at radius 3 is 2.35 bits per heavy atom. The fourth-order valence-electron chi connectivity index (χ4n) is 2.61. The molecule has 0 radical (unpaired) electrons. The first-order valence-corrected chi connectivity index (χ1v) is 6.70. The van der Waals surface area contributed by atoms with Crippen molar-refractivity contribution in [3.8, 4) is 11.8 Å². The molecule has 1 saturated carbocycles. The molecule has 0 unspecified atom stereocenters. The van der Waals surface area contributed by atoms with Gasteiger partial charge in [-0.25, -0.2) is 0 Å². The molecule has 0 aromatic rings. The number of hydrogen-bond acceptors (Lipinski definition) is 5. The minimum absolute atomic E-state index is 0.0539. The van der Waals surface area contributed by atoms with Crippen LogP contribution < -0.4 is 0 Å². The van der Waals surface area contributed by atoms with E-state index in [0.717, 1.165) is 0 Å². The van der Waals surface area contributed by atoms with E-state index in [1.54, 1.807) is 0 Å². The predicted octanol–water partition coefficient (Wildman–Crippen LogP) is 1.35. The summed E-state index contributed by atoms with van der Waals surface area (Å²) in [5, 5.41) is 0. The molecule has 1 aliphatic carbocycles. The van der Waals surface area contributed by atoms with E-state index >= 15 is 0 Å². The fraction of sp³-hybridized carbons (Fsp3) is 0.667. The zero-order valence-electron chi connectivity index (χ0n) is 12.1. The van der Waals surface area contributed by atoms with Gasteiger partial charge in [-0.15, -0.1) is 11.8 Å². The van der Waals surface area contributed by atoms with Crippen LogP contribution in [0.15, 0.2) is 0 Å². The van der Waals surface area contributed by atoms with Crippen LogP contribution in [0.4, 0.5) is 0 Å². The molecule has 2 atom stereocenters. The topological polar surface area (TPSA) is 69.7 Å². The highest BCUT2D eigenvalue weighted by Crippen LogP contribution is 2.37. The average Bonchev–Trinajstić information content (AvgIpc) is 2.80. The quantitative estimate of drug-likeness (QED) is 0.441. The first-order chi connectivity index (χ1) is 9.56. The summed E-state index contributed by atoms with van der Waals surface area (Å²) in [5.41, 5.74) is 0. The number of hydrogen-bond donors (Lipinski definition) is 0. The maximum Gasteiger partial charge on any atom is 0.320 e. The molecule has 20 heavy (non-hydrogen) atoms. The summed E-state index contributed by atoms with van der Waals surface area (Å²) in [6.07, 6.45) is 1.95. The van der Waals surface area contributed by atoms with Gasteiger partial charge in [-0.05, 0) is 12.3 Å². The SMILES string of the molecule is CCC#CC[C@H]1C(=O)CC[C@@H]1C(C(=O)OC)C(=O)OC. The van der Waals surface area contributed by atoms with Gasteiger partial charge in [0, 0.05) is 25.2 Å². The lowest BCUT2D eigenvalue weighted by Gasteiger charge is -2.22. The van der Waals surface area contributed by atoms with Crippen molar-refractivity contribution < 1.29 is 23.9 Å². The molecule has 1 aliphatic rings. The van der Waals surface area contributed by atoms with Crippen molar-refractivity contribution in [2.45, 2.75) is 32.6 Å². The largest absolute Gasteiger partial charge is 0.468 e. The van der Waals surface area contributed by atoms with Crippen molar-refractivity contribution >= 4 is 17.7 Å². The monoisotopic (exact) mass is 280 g/mol. The lowest BCUT2D eigenvalue weighted by Crippen LogP contribution is -2.36. The minimum atomic E-state index is -1.04. The summed E-state index contributed by atoms with van der Waals surface area (Å²) >= 11 is 0. The molecule has 0 aliphatic heterocycles. The van der Waals surface area contributed by atoms with Gasteiger partial charge >= 0.3 is 11.9 Å². The molecule has 0 heterocycles. The standard InChI is InChI=1S/C15H20O5/c1-4-5-6-7-10-11(8-9-12(10)16)13(14(17)19-2)15(18)20-3/h10-11,13H,4,7-9H2,1-3H3/t10-,11+/m1/s1. The van der Waals surface area contributed by atoms with Gasteiger partial charge in [0.1, 0.15) is 5.78 Å². The molecule has 0 bridgehead atoms. The number of carbonyl (C=O) groups is 3. The summed E-state index contributed by atoms with van der Waals surface area (Å²) in [5.74, 6) is 2.79. The molecule has 1 fully saturated rings. The van der Waals surface area contributed by atoms with Gasteiger partial charge in [0.25, 0.3) is 0 Å². The van der Waals surface area contributed by atoms with Crippen LogP contribution >= 0.6 is 0 Å². The zero-order chi connectivity index (χ0) is 15.1. The second kappa shape index (κ2) is 7.68. The molecular formula is C15H20O5. The third-order valence-electron chi connectivity index (χ3n) is 3.62. The summed E-state index contributed by atoms with van der Waals surface area (Å²) in [4.78, 5) is 35.6. The smallest absolute Gasteiger partial charge is 0.320 e. The summed E-state index contributed by atoms with van der Waals surface area (Å²) in [6.45, 7) is 1.92. The lowest BCUT2D eigenvalue weighted by atomic mass is 9.82. The normalized spacial score (nSPS) is 21.3. The van der Waals surface area contributed by atoms with E-state index in [9.17, 15) is 14.4 Å². The van der Waals surface area contributed by atoms with E-state index in [0.29, 0.717) is 25.7 Å². The summed E-state index contributed by atoms with van der Waals surface area (Å²) in [7, 11) is 2.45. The molecule has 0 N–H and O–H groups in total. The fourth-order valence-corrected chi connectivity index (χ4v) is 2.61. The number of carbonyl (C=O) groups excluding carboxylic acids is 3. The van der Waals surface area contributed by atoms with E-state index in [2.05, 4.69) is 21.3 Å². The molecule has 5 nitrogen and oxygen atoms in total. The van der Waals surface area contributed by atoms with Crippen LogP contribution in [0.3, 0.4) is 0 Å². The second-order valence-corrected chi connectivity index (χ2v) is 4.71. The van der Waals surface area contributed by atoms with Crippen molar-refractivity contribution in [2.24, 2.45) is 17.8 Å². The molecule has 0 saturated heterocycles. The third kappa shape index (κ3) is 3.60. The summed E-state index contributed by atoms with van der Waals surface area (Å²) < 4.78 is 9.34. The molecule has 5 heteroatoms. The number of esters is 2. The third-order valence-corrected chi connectivity index (χ3v) is 3.62. The Hall–Kier alpha value is -1.83. The maximum atomic E-state index is 11.9. The molecular weight excluding hydrogens is 260 g/mol. The second-order valence-electron chi connectivity index (χ2n) is 4.71. The summed E-state index contributed by atoms with van der Waals surface area (Å²) in [6, 6.07) is 0. The van der Waals surface area contributed by atoms with Gasteiger partial charge in [0.05, 0.1) is 14.2 Å².